The third-order valence-electron chi connectivity index (χ3n) is 7.20. The van der Waals surface area contributed by atoms with Crippen LogP contribution in [0.15, 0.2) is 53.3 Å². The number of H-pyrrole nitrogens is 1. The Labute approximate surface area is 223 Å². The van der Waals surface area contributed by atoms with Crippen LogP contribution >= 0.6 is 23.7 Å². The second-order valence-electron chi connectivity index (χ2n) is 9.45. The van der Waals surface area contributed by atoms with Crippen LogP contribution in [-0.2, 0) is 13.0 Å². The highest BCUT2D eigenvalue weighted by Gasteiger charge is 2.41. The van der Waals surface area contributed by atoms with Gasteiger partial charge in [-0.2, -0.15) is 4.98 Å². The van der Waals surface area contributed by atoms with E-state index in [4.69, 9.17) is 4.98 Å². The van der Waals surface area contributed by atoms with Crippen LogP contribution in [-0.4, -0.2) is 61.7 Å². The standard InChI is InChI=1S/C26H27N5O4S.ClH/c32-13-16-11-18(22(34)21(16)33)27-23-20(25-28-17-7-3-4-8-19(17)36-25)24(35)30-26(29-23)31-10-9-14-5-1-2-6-15(14)12-31;/h1-8,16,18,21-22,32-34H,9-13H2,(H2,27,29,30,35);1H/t16-,18-,21-,22+;/m1./s1. The van der Waals surface area contributed by atoms with Gasteiger partial charge in [-0.3, -0.25) is 9.78 Å². The van der Waals surface area contributed by atoms with Crippen molar-refractivity contribution < 1.29 is 15.3 Å². The molecule has 0 spiro atoms. The highest BCUT2D eigenvalue weighted by molar-refractivity contribution is 7.21. The summed E-state index contributed by atoms with van der Waals surface area (Å²) in [4.78, 5) is 28.0. The molecule has 1 saturated carbocycles. The fourth-order valence-electron chi connectivity index (χ4n) is 5.19. The van der Waals surface area contributed by atoms with E-state index < -0.39 is 24.2 Å². The number of hydrogen-bond acceptors (Lipinski definition) is 9. The molecule has 2 aliphatic rings. The van der Waals surface area contributed by atoms with Gasteiger partial charge < -0.3 is 25.5 Å². The molecule has 2 aromatic heterocycles. The third kappa shape index (κ3) is 4.71. The molecule has 9 nitrogen and oxygen atoms in total. The zero-order chi connectivity index (χ0) is 24.8. The summed E-state index contributed by atoms with van der Waals surface area (Å²) in [5.41, 5.74) is 3.24. The summed E-state index contributed by atoms with van der Waals surface area (Å²) < 4.78 is 0.950. The minimum absolute atomic E-state index is 0. The van der Waals surface area contributed by atoms with E-state index in [9.17, 15) is 20.1 Å². The maximum absolute atomic E-state index is 13.5. The number of halogens is 1. The average molecular weight is 542 g/mol. The summed E-state index contributed by atoms with van der Waals surface area (Å²) in [6.07, 6.45) is -0.970. The molecule has 0 amide bonds. The molecule has 1 aliphatic heterocycles. The van der Waals surface area contributed by atoms with E-state index >= 15 is 0 Å². The van der Waals surface area contributed by atoms with E-state index in [-0.39, 0.29) is 24.6 Å². The molecule has 0 saturated heterocycles. The van der Waals surface area contributed by atoms with Crippen LogP contribution in [0.3, 0.4) is 0 Å². The minimum Gasteiger partial charge on any atom is -0.396 e. The summed E-state index contributed by atoms with van der Waals surface area (Å²) in [7, 11) is 0. The Morgan fingerprint density at radius 2 is 1.81 bits per heavy atom. The SMILES string of the molecule is Cl.O=c1[nH]c(N2CCc3ccccc3C2)nc(N[C@@H]2C[C@H](CO)[C@@H](O)[C@H]2O)c1-c1nc2ccccc2s1. The topological polar surface area (TPSA) is 135 Å². The van der Waals surface area contributed by atoms with E-state index in [2.05, 4.69) is 27.4 Å². The number of anilines is 2. The monoisotopic (exact) mass is 541 g/mol. The largest absolute Gasteiger partial charge is 0.396 e. The molecule has 194 valence electrons. The van der Waals surface area contributed by atoms with Gasteiger partial charge in [0.15, 0.2) is 0 Å². The summed E-state index contributed by atoms with van der Waals surface area (Å²) in [5.74, 6) is 0.290. The summed E-state index contributed by atoms with van der Waals surface area (Å²) in [6, 6.07) is 15.3. The fourth-order valence-corrected chi connectivity index (χ4v) is 6.20. The predicted molar refractivity (Wildman–Crippen MR) is 147 cm³/mol. The van der Waals surface area contributed by atoms with Gasteiger partial charge >= 0.3 is 0 Å². The van der Waals surface area contributed by atoms with Crippen molar-refractivity contribution in [3.63, 3.8) is 0 Å². The number of thiazole rings is 1. The predicted octanol–water partition coefficient (Wildman–Crippen LogP) is 2.55. The molecule has 4 atom stereocenters. The number of hydrogen-bond donors (Lipinski definition) is 5. The van der Waals surface area contributed by atoms with Gasteiger partial charge in [0.2, 0.25) is 5.95 Å². The zero-order valence-corrected chi connectivity index (χ0v) is 21.5. The molecule has 2 aromatic carbocycles. The summed E-state index contributed by atoms with van der Waals surface area (Å²) in [5, 5.41) is 34.3. The minimum atomic E-state index is -1.10. The fraction of sp³-hybridized carbons (Fsp3) is 0.346. The Morgan fingerprint density at radius 3 is 2.57 bits per heavy atom. The highest BCUT2D eigenvalue weighted by atomic mass is 35.5. The quantitative estimate of drug-likeness (QED) is 0.260. The lowest BCUT2D eigenvalue weighted by molar-refractivity contribution is 0.00446. The maximum atomic E-state index is 13.5. The molecule has 5 N–H and O–H groups in total. The van der Waals surface area contributed by atoms with Crippen molar-refractivity contribution in [3.05, 3.63) is 70.0 Å². The lowest BCUT2D eigenvalue weighted by Gasteiger charge is -2.30. The van der Waals surface area contributed by atoms with Gasteiger partial charge in [-0.15, -0.1) is 23.7 Å². The number of aliphatic hydroxyl groups excluding tert-OH is 3. The van der Waals surface area contributed by atoms with Gasteiger partial charge in [-0.25, -0.2) is 4.98 Å². The van der Waals surface area contributed by atoms with Crippen molar-refractivity contribution in [2.75, 3.05) is 23.4 Å². The smallest absolute Gasteiger partial charge is 0.264 e. The summed E-state index contributed by atoms with van der Waals surface area (Å²) in [6.45, 7) is 1.09. The first-order chi connectivity index (χ1) is 17.5. The number of para-hydroxylation sites is 1. The molecular formula is C26H28ClN5O4S. The second kappa shape index (κ2) is 10.4. The third-order valence-corrected chi connectivity index (χ3v) is 8.26. The van der Waals surface area contributed by atoms with Gasteiger partial charge in [-0.05, 0) is 36.1 Å². The Balaban J connectivity index is 0.00000280. The van der Waals surface area contributed by atoms with Crippen molar-refractivity contribution in [1.82, 2.24) is 15.0 Å². The first-order valence-electron chi connectivity index (χ1n) is 12.1. The second-order valence-corrected chi connectivity index (χ2v) is 10.5. The molecule has 1 fully saturated rings. The Bertz CT molecular complexity index is 1440. The van der Waals surface area contributed by atoms with E-state index in [1.807, 2.05) is 41.3 Å². The van der Waals surface area contributed by atoms with Crippen molar-refractivity contribution >= 4 is 45.7 Å². The van der Waals surface area contributed by atoms with E-state index in [1.165, 1.54) is 22.5 Å². The molecule has 37 heavy (non-hydrogen) atoms. The normalized spacial score (nSPS) is 23.1. The number of aromatic amines is 1. The number of benzene rings is 2. The van der Waals surface area contributed by atoms with Crippen LogP contribution in [0.2, 0.25) is 0 Å². The van der Waals surface area contributed by atoms with E-state index in [1.54, 1.807) is 0 Å². The van der Waals surface area contributed by atoms with Crippen LogP contribution in [0.4, 0.5) is 11.8 Å². The van der Waals surface area contributed by atoms with Crippen molar-refractivity contribution in [1.29, 1.82) is 0 Å². The zero-order valence-electron chi connectivity index (χ0n) is 19.9. The van der Waals surface area contributed by atoms with Crippen molar-refractivity contribution in [2.24, 2.45) is 5.92 Å². The first kappa shape index (κ1) is 25.6. The van der Waals surface area contributed by atoms with Crippen LogP contribution < -0.4 is 15.8 Å². The van der Waals surface area contributed by atoms with Crippen LogP contribution in [0.5, 0.6) is 0 Å². The van der Waals surface area contributed by atoms with Gasteiger partial charge in [-0.1, -0.05) is 36.4 Å². The molecule has 3 heterocycles. The Morgan fingerprint density at radius 1 is 1.05 bits per heavy atom. The van der Waals surface area contributed by atoms with Gasteiger partial charge in [0, 0.05) is 25.6 Å². The number of fused-ring (bicyclic) bond motifs is 2. The molecule has 0 bridgehead atoms. The molecule has 6 rings (SSSR count). The lowest BCUT2D eigenvalue weighted by atomic mass is 10.0. The maximum Gasteiger partial charge on any atom is 0.264 e. The number of aliphatic hydroxyl groups is 3. The molecular weight excluding hydrogens is 514 g/mol. The number of nitrogens with one attached hydrogen (secondary N) is 2. The van der Waals surface area contributed by atoms with Crippen LogP contribution in [0, 0.1) is 5.92 Å². The molecule has 11 heteroatoms. The lowest BCUT2D eigenvalue weighted by Crippen LogP contribution is -2.37. The summed E-state index contributed by atoms with van der Waals surface area (Å²) >= 11 is 1.40. The van der Waals surface area contributed by atoms with Crippen molar-refractivity contribution in [2.45, 2.75) is 37.6 Å². The molecule has 4 aromatic rings. The number of aromatic nitrogens is 3. The van der Waals surface area contributed by atoms with Gasteiger partial charge in [0.25, 0.3) is 5.56 Å². The number of nitrogens with zero attached hydrogens (tertiary/aromatic N) is 3. The van der Waals surface area contributed by atoms with Gasteiger partial charge in [0.05, 0.1) is 22.4 Å². The Kier molecular flexibility index (Phi) is 7.19. The van der Waals surface area contributed by atoms with Crippen molar-refractivity contribution in [3.8, 4) is 10.6 Å². The van der Waals surface area contributed by atoms with Crippen LogP contribution in [0.1, 0.15) is 17.5 Å². The first-order valence-corrected chi connectivity index (χ1v) is 12.9. The average Bonchev–Trinajstić information content (AvgIpc) is 3.44. The van der Waals surface area contributed by atoms with E-state index in [0.29, 0.717) is 41.8 Å². The van der Waals surface area contributed by atoms with Crippen LogP contribution in [0.25, 0.3) is 20.8 Å². The molecule has 0 radical (unpaired) electrons. The molecule has 0 unspecified atom stereocenters. The highest BCUT2D eigenvalue weighted by Crippen LogP contribution is 2.35. The van der Waals surface area contributed by atoms with Gasteiger partial charge in [0.1, 0.15) is 22.5 Å². The number of rotatable bonds is 5. The molecule has 1 aliphatic carbocycles. The Hall–Kier alpha value is -3.02. The van der Waals surface area contributed by atoms with E-state index in [0.717, 1.165) is 16.6 Å².